The monoisotopic (exact) mass is 158 g/mol. The number of rotatable bonds is 0. The van der Waals surface area contributed by atoms with E-state index in [1.54, 1.807) is 6.92 Å². The molecule has 0 fully saturated rings. The third-order valence-electron chi connectivity index (χ3n) is 1.48. The van der Waals surface area contributed by atoms with Crippen molar-refractivity contribution in [1.29, 1.82) is 0 Å². The molecule has 11 heavy (non-hydrogen) atoms. The molecule has 0 aliphatic heterocycles. The van der Waals surface area contributed by atoms with E-state index in [1.807, 2.05) is 0 Å². The van der Waals surface area contributed by atoms with E-state index < -0.39 is 11.8 Å². The van der Waals surface area contributed by atoms with Crippen molar-refractivity contribution in [2.45, 2.75) is 6.92 Å². The van der Waals surface area contributed by atoms with Gasteiger partial charge in [-0.15, -0.1) is 0 Å². The predicted octanol–water partition coefficient (Wildman–Crippen LogP) is 2.61. The lowest BCUT2D eigenvalue weighted by Crippen LogP contribution is -1.69. The second-order valence-corrected chi connectivity index (χ2v) is 2.27. The van der Waals surface area contributed by atoms with E-state index in [9.17, 15) is 8.78 Å². The average molecular weight is 158 g/mol. The van der Waals surface area contributed by atoms with E-state index in [0.717, 1.165) is 0 Å². The molecule has 2 aromatic rings. The summed E-state index contributed by atoms with van der Waals surface area (Å²) in [5.74, 6) is -1.06. The Morgan fingerprint density at radius 3 is 2.64 bits per heavy atom. The molecule has 2 rings (SSSR count). The largest absolute Gasteiger partial charge is 0.457 e. The molecule has 0 aliphatic rings. The molecular weight excluding hydrogens is 154 g/mol. The highest BCUT2D eigenvalue weighted by Gasteiger charge is 2.18. The van der Waals surface area contributed by atoms with Crippen LogP contribution < -0.4 is 0 Å². The van der Waals surface area contributed by atoms with Crippen LogP contribution in [0.25, 0.3) is 11.2 Å². The molecule has 0 bridgehead atoms. The molecule has 2 nitrogen and oxygen atoms in total. The first-order valence-electron chi connectivity index (χ1n) is 3.01. The highest BCUT2D eigenvalue weighted by Crippen LogP contribution is 2.26. The first kappa shape index (κ1) is 6.39. The molecule has 0 amide bonds. The Morgan fingerprint density at radius 1 is 1.27 bits per heavy atom. The maximum absolute atomic E-state index is 12.6. The molecule has 0 unspecified atom stereocenters. The average Bonchev–Trinajstić information content (AvgIpc) is 2.43. The number of fused-ring (bicyclic) bond motifs is 1. The minimum Gasteiger partial charge on any atom is -0.457 e. The van der Waals surface area contributed by atoms with E-state index in [4.69, 9.17) is 4.42 Å². The van der Waals surface area contributed by atoms with Gasteiger partial charge in [-0.1, -0.05) is 0 Å². The van der Waals surface area contributed by atoms with Gasteiger partial charge >= 0.3 is 6.01 Å². The first-order chi connectivity index (χ1) is 5.20. The van der Waals surface area contributed by atoms with Gasteiger partial charge in [-0.25, -0.2) is 0 Å². The van der Waals surface area contributed by atoms with Crippen molar-refractivity contribution < 1.29 is 17.6 Å². The van der Waals surface area contributed by atoms with E-state index >= 15 is 0 Å². The van der Waals surface area contributed by atoms with Gasteiger partial charge in [0, 0.05) is 5.56 Å². The fraction of sp³-hybridized carbons (Fsp3) is 0.143. The van der Waals surface area contributed by atoms with Crippen LogP contribution in [0.4, 0.5) is 8.78 Å². The second-order valence-electron chi connectivity index (χ2n) is 2.27. The Hall–Kier alpha value is -1.32. The van der Waals surface area contributed by atoms with Crippen molar-refractivity contribution in [2.75, 3.05) is 0 Å². The summed E-state index contributed by atoms with van der Waals surface area (Å²) in [4.78, 5) is 0. The number of aryl methyl sites for hydroxylation is 1. The summed E-state index contributed by atoms with van der Waals surface area (Å²) in [6.07, 6.45) is 1.32. The van der Waals surface area contributed by atoms with Gasteiger partial charge in [-0.05, 0) is 6.92 Å². The molecule has 0 radical (unpaired) electrons. The van der Waals surface area contributed by atoms with E-state index in [-0.39, 0.29) is 11.2 Å². The van der Waals surface area contributed by atoms with Crippen LogP contribution >= 0.6 is 0 Å². The molecular formula is C7H4F2O2. The zero-order chi connectivity index (χ0) is 8.01. The van der Waals surface area contributed by atoms with Crippen molar-refractivity contribution in [2.24, 2.45) is 0 Å². The summed E-state index contributed by atoms with van der Waals surface area (Å²) < 4.78 is 34.1. The van der Waals surface area contributed by atoms with Crippen LogP contribution in [-0.2, 0) is 0 Å². The molecule has 0 aromatic carbocycles. The highest BCUT2D eigenvalue weighted by atomic mass is 19.2. The summed E-state index contributed by atoms with van der Waals surface area (Å²) in [5, 5.41) is 0. The van der Waals surface area contributed by atoms with Crippen LogP contribution in [0.15, 0.2) is 15.1 Å². The van der Waals surface area contributed by atoms with Gasteiger partial charge in [0.1, 0.15) is 0 Å². The van der Waals surface area contributed by atoms with Crippen LogP contribution in [0, 0.1) is 18.8 Å². The third-order valence-corrected chi connectivity index (χ3v) is 1.48. The van der Waals surface area contributed by atoms with Crippen molar-refractivity contribution >= 4 is 11.2 Å². The zero-order valence-electron chi connectivity index (χ0n) is 5.65. The molecule has 0 atom stereocenters. The molecule has 0 saturated heterocycles. The fourth-order valence-corrected chi connectivity index (χ4v) is 0.935. The lowest BCUT2D eigenvalue weighted by Gasteiger charge is -1.76. The van der Waals surface area contributed by atoms with Crippen LogP contribution in [0.2, 0.25) is 0 Å². The van der Waals surface area contributed by atoms with Crippen LogP contribution in [-0.4, -0.2) is 0 Å². The third kappa shape index (κ3) is 0.691. The Balaban J connectivity index is 2.93. The second kappa shape index (κ2) is 1.84. The molecule has 0 N–H and O–H groups in total. The summed E-state index contributed by atoms with van der Waals surface area (Å²) >= 11 is 0. The van der Waals surface area contributed by atoms with Gasteiger partial charge in [-0.2, -0.15) is 8.78 Å². The molecule has 0 saturated carbocycles. The van der Waals surface area contributed by atoms with Crippen LogP contribution in [0.3, 0.4) is 0 Å². The Kier molecular flexibility index (Phi) is 1.07. The summed E-state index contributed by atoms with van der Waals surface area (Å²) in [6.45, 7) is 1.65. The quantitative estimate of drug-likeness (QED) is 0.589. The van der Waals surface area contributed by atoms with Crippen molar-refractivity contribution in [3.05, 3.63) is 23.7 Å². The minimum atomic E-state index is -1.22. The molecule has 58 valence electrons. The van der Waals surface area contributed by atoms with E-state index in [1.165, 1.54) is 6.26 Å². The maximum atomic E-state index is 12.6. The van der Waals surface area contributed by atoms with Crippen LogP contribution in [0.1, 0.15) is 5.56 Å². The number of hydrogen-bond acceptors (Lipinski definition) is 2. The first-order valence-corrected chi connectivity index (χ1v) is 3.01. The Morgan fingerprint density at radius 2 is 2.00 bits per heavy atom. The lowest BCUT2D eigenvalue weighted by molar-refractivity contribution is 0.340. The number of hydrogen-bond donors (Lipinski definition) is 0. The van der Waals surface area contributed by atoms with Gasteiger partial charge in [0.25, 0.3) is 0 Å². The standard InChI is InChI=1S/C7H4F2O2/c1-3-2-10-6-4(8)7(9)11-5(3)6/h2H,1H3. The van der Waals surface area contributed by atoms with Gasteiger partial charge in [-0.3, -0.25) is 0 Å². The highest BCUT2D eigenvalue weighted by molar-refractivity contribution is 5.74. The summed E-state index contributed by atoms with van der Waals surface area (Å²) in [6, 6.07) is -1.22. The number of halogens is 2. The van der Waals surface area contributed by atoms with Gasteiger partial charge < -0.3 is 8.83 Å². The van der Waals surface area contributed by atoms with Gasteiger partial charge in [0.2, 0.25) is 11.4 Å². The van der Waals surface area contributed by atoms with Crippen LogP contribution in [0.5, 0.6) is 0 Å². The van der Waals surface area contributed by atoms with Crippen molar-refractivity contribution in [3.8, 4) is 0 Å². The zero-order valence-corrected chi connectivity index (χ0v) is 5.65. The predicted molar refractivity (Wildman–Crippen MR) is 33.1 cm³/mol. The van der Waals surface area contributed by atoms with Gasteiger partial charge in [0.05, 0.1) is 6.26 Å². The smallest absolute Gasteiger partial charge is 0.318 e. The van der Waals surface area contributed by atoms with Crippen molar-refractivity contribution in [3.63, 3.8) is 0 Å². The lowest BCUT2D eigenvalue weighted by atomic mass is 10.3. The number of furan rings is 2. The molecule has 2 heterocycles. The van der Waals surface area contributed by atoms with E-state index in [2.05, 4.69) is 4.42 Å². The molecule has 0 spiro atoms. The Bertz CT molecular complexity index is 400. The Labute approximate surface area is 60.4 Å². The summed E-state index contributed by atoms with van der Waals surface area (Å²) in [5.41, 5.74) is 0.572. The van der Waals surface area contributed by atoms with E-state index in [0.29, 0.717) is 5.56 Å². The van der Waals surface area contributed by atoms with Gasteiger partial charge in [0.15, 0.2) is 5.58 Å². The summed E-state index contributed by atoms with van der Waals surface area (Å²) in [7, 11) is 0. The molecule has 0 aliphatic carbocycles. The fourth-order valence-electron chi connectivity index (χ4n) is 0.935. The van der Waals surface area contributed by atoms with Crippen molar-refractivity contribution in [1.82, 2.24) is 0 Å². The minimum absolute atomic E-state index is 0.139. The molecule has 2 aromatic heterocycles. The maximum Gasteiger partial charge on any atom is 0.318 e. The normalized spacial score (nSPS) is 11.2. The molecule has 4 heteroatoms. The topological polar surface area (TPSA) is 26.3 Å². The SMILES string of the molecule is Cc1coc2c(F)c(F)oc12.